The minimum atomic E-state index is 0. The summed E-state index contributed by atoms with van der Waals surface area (Å²) in [5, 5.41) is 3.42. The molecule has 3 rings (SSSR count). The number of hydrogen-bond donors (Lipinski definition) is 2. The van der Waals surface area contributed by atoms with E-state index in [2.05, 4.69) is 12.2 Å². The zero-order chi connectivity index (χ0) is 14.0. The predicted octanol–water partition coefficient (Wildman–Crippen LogP) is 3.19. The lowest BCUT2D eigenvalue weighted by atomic mass is 9.61. The van der Waals surface area contributed by atoms with Gasteiger partial charge in [0.1, 0.15) is 0 Å². The summed E-state index contributed by atoms with van der Waals surface area (Å²) < 4.78 is 5.93. The van der Waals surface area contributed by atoms with Gasteiger partial charge in [-0.05, 0) is 39.0 Å². The predicted molar refractivity (Wildman–Crippen MR) is 97.1 cm³/mol. The van der Waals surface area contributed by atoms with E-state index in [1.807, 2.05) is 0 Å². The van der Waals surface area contributed by atoms with Crippen molar-refractivity contribution < 1.29 is 4.74 Å². The van der Waals surface area contributed by atoms with Crippen molar-refractivity contribution in [2.24, 2.45) is 16.1 Å². The van der Waals surface area contributed by atoms with Crippen molar-refractivity contribution in [2.45, 2.75) is 82.9 Å². The van der Waals surface area contributed by atoms with Crippen LogP contribution in [0.15, 0.2) is 4.99 Å². The zero-order valence-corrected chi connectivity index (χ0v) is 15.5. The molecule has 3 N–H and O–H groups in total. The van der Waals surface area contributed by atoms with Gasteiger partial charge in [0, 0.05) is 18.1 Å². The van der Waals surface area contributed by atoms with E-state index in [9.17, 15) is 0 Å². The monoisotopic (exact) mass is 407 g/mol. The summed E-state index contributed by atoms with van der Waals surface area (Å²) in [7, 11) is 0. The van der Waals surface area contributed by atoms with E-state index in [-0.39, 0.29) is 24.0 Å². The Hall–Kier alpha value is -0.0400. The number of hydrogen-bond acceptors (Lipinski definition) is 2. The first-order valence-corrected chi connectivity index (χ1v) is 8.46. The molecule has 0 aromatic carbocycles. The van der Waals surface area contributed by atoms with Gasteiger partial charge in [0.25, 0.3) is 0 Å². The van der Waals surface area contributed by atoms with Crippen molar-refractivity contribution >= 4 is 29.9 Å². The van der Waals surface area contributed by atoms with Gasteiger partial charge in [-0.3, -0.25) is 0 Å². The first-order valence-electron chi connectivity index (χ1n) is 8.46. The zero-order valence-electron chi connectivity index (χ0n) is 13.1. The summed E-state index contributed by atoms with van der Waals surface area (Å²) in [6, 6.07) is 0.941. The fourth-order valence-electron chi connectivity index (χ4n) is 4.52. The second-order valence-corrected chi connectivity index (χ2v) is 6.78. The summed E-state index contributed by atoms with van der Waals surface area (Å²) in [6.07, 6.45) is 11.8. The molecule has 0 amide bonds. The maximum atomic E-state index is 6.13. The second kappa shape index (κ2) is 7.49. The molecule has 0 heterocycles. The molecule has 5 heteroatoms. The third-order valence-corrected chi connectivity index (χ3v) is 5.65. The second-order valence-electron chi connectivity index (χ2n) is 6.78. The molecule has 2 atom stereocenters. The van der Waals surface area contributed by atoms with Crippen LogP contribution in [0.25, 0.3) is 0 Å². The lowest BCUT2D eigenvalue weighted by Gasteiger charge is -2.52. The van der Waals surface area contributed by atoms with Gasteiger partial charge in [-0.25, -0.2) is 4.99 Å². The van der Waals surface area contributed by atoms with Crippen LogP contribution in [0.5, 0.6) is 0 Å². The number of ether oxygens (including phenoxy) is 1. The van der Waals surface area contributed by atoms with Crippen molar-refractivity contribution in [2.75, 3.05) is 6.61 Å². The molecule has 3 saturated carbocycles. The first kappa shape index (κ1) is 17.3. The summed E-state index contributed by atoms with van der Waals surface area (Å²) in [6.45, 7) is 2.91. The molecule has 0 bridgehead atoms. The molecule has 0 aromatic heterocycles. The number of rotatable bonds is 4. The van der Waals surface area contributed by atoms with Gasteiger partial charge < -0.3 is 15.8 Å². The Morgan fingerprint density at radius 3 is 2.52 bits per heavy atom. The molecule has 0 saturated heterocycles. The fourth-order valence-corrected chi connectivity index (χ4v) is 4.52. The first-order chi connectivity index (χ1) is 9.74. The molecular weight excluding hydrogens is 377 g/mol. The van der Waals surface area contributed by atoms with Gasteiger partial charge in [-0.2, -0.15) is 0 Å². The average Bonchev–Trinajstić information content (AvgIpc) is 3.09. The third-order valence-electron chi connectivity index (χ3n) is 5.65. The molecule has 3 aliphatic carbocycles. The van der Waals surface area contributed by atoms with Crippen LogP contribution in [0, 0.1) is 5.41 Å². The highest BCUT2D eigenvalue weighted by molar-refractivity contribution is 14.0. The topological polar surface area (TPSA) is 59.6 Å². The number of halogens is 1. The van der Waals surface area contributed by atoms with E-state index in [0.29, 0.717) is 29.6 Å². The van der Waals surface area contributed by atoms with E-state index in [1.165, 1.54) is 51.4 Å². The lowest BCUT2D eigenvalue weighted by molar-refractivity contribution is -0.119. The van der Waals surface area contributed by atoms with Crippen LogP contribution < -0.4 is 11.1 Å². The molecule has 2 unspecified atom stereocenters. The number of nitrogens with zero attached hydrogens (tertiary/aromatic N) is 1. The summed E-state index contributed by atoms with van der Waals surface area (Å²) >= 11 is 0. The Bertz CT molecular complexity index is 363. The highest BCUT2D eigenvalue weighted by Crippen LogP contribution is 2.56. The van der Waals surface area contributed by atoms with E-state index in [0.717, 1.165) is 13.0 Å². The van der Waals surface area contributed by atoms with Gasteiger partial charge in [-0.15, -0.1) is 24.0 Å². The number of nitrogens with two attached hydrogens (primary N) is 1. The molecule has 0 aromatic rings. The largest absolute Gasteiger partial charge is 0.378 e. The van der Waals surface area contributed by atoms with Crippen molar-refractivity contribution in [1.82, 2.24) is 5.32 Å². The van der Waals surface area contributed by atoms with Gasteiger partial charge in [0.2, 0.25) is 0 Å². The number of guanidine groups is 1. The van der Waals surface area contributed by atoms with Gasteiger partial charge >= 0.3 is 0 Å². The van der Waals surface area contributed by atoms with Crippen LogP contribution in [0.3, 0.4) is 0 Å². The number of aliphatic imine (C=N–C) groups is 1. The summed E-state index contributed by atoms with van der Waals surface area (Å²) in [5.74, 6) is 0.670. The quantitative estimate of drug-likeness (QED) is 0.428. The molecule has 122 valence electrons. The van der Waals surface area contributed by atoms with Crippen LogP contribution in [0.2, 0.25) is 0 Å². The Labute approximate surface area is 145 Å². The molecule has 1 spiro atoms. The number of nitrogens with one attached hydrogen (secondary N) is 1. The minimum absolute atomic E-state index is 0. The maximum absolute atomic E-state index is 6.13. The van der Waals surface area contributed by atoms with Crippen LogP contribution in [-0.4, -0.2) is 30.8 Å². The van der Waals surface area contributed by atoms with Crippen molar-refractivity contribution in [3.05, 3.63) is 0 Å². The van der Waals surface area contributed by atoms with Crippen LogP contribution in [0.4, 0.5) is 0 Å². The highest BCUT2D eigenvalue weighted by atomic mass is 127. The smallest absolute Gasteiger partial charge is 0.189 e. The molecule has 4 nitrogen and oxygen atoms in total. The standard InChI is InChI=1S/C16H29N3O.HI/c1-2-20-14-11-13(16(14)9-5-6-10-16)19-15(17)18-12-7-3-4-8-12;/h12-14H,2-11H2,1H3,(H3,17,18,19);1H. The average molecular weight is 407 g/mol. The van der Waals surface area contributed by atoms with Crippen LogP contribution >= 0.6 is 24.0 Å². The molecular formula is C16H30IN3O. The van der Waals surface area contributed by atoms with E-state index < -0.39 is 0 Å². The molecule has 3 fully saturated rings. The normalized spacial score (nSPS) is 32.0. The Morgan fingerprint density at radius 1 is 1.24 bits per heavy atom. The Balaban J connectivity index is 0.00000161. The SMILES string of the molecule is CCOC1CC(N=C(N)NC2CCCC2)C12CCCC2.I. The molecule has 0 radical (unpaired) electrons. The summed E-state index contributed by atoms with van der Waals surface area (Å²) in [4.78, 5) is 4.82. The fraction of sp³-hybridized carbons (Fsp3) is 0.938. The Morgan fingerprint density at radius 2 is 1.90 bits per heavy atom. The van der Waals surface area contributed by atoms with Gasteiger partial charge in [-0.1, -0.05) is 25.7 Å². The van der Waals surface area contributed by atoms with Crippen LogP contribution in [-0.2, 0) is 4.74 Å². The van der Waals surface area contributed by atoms with Crippen LogP contribution in [0.1, 0.15) is 64.7 Å². The van der Waals surface area contributed by atoms with E-state index in [4.69, 9.17) is 15.5 Å². The van der Waals surface area contributed by atoms with Crippen molar-refractivity contribution in [3.8, 4) is 0 Å². The molecule has 3 aliphatic rings. The maximum Gasteiger partial charge on any atom is 0.189 e. The third kappa shape index (κ3) is 3.49. The minimum Gasteiger partial charge on any atom is -0.378 e. The van der Waals surface area contributed by atoms with Crippen molar-refractivity contribution in [3.63, 3.8) is 0 Å². The summed E-state index contributed by atoms with van der Waals surface area (Å²) in [5.41, 5.74) is 6.44. The Kier molecular flexibility index (Phi) is 6.17. The van der Waals surface area contributed by atoms with Gasteiger partial charge in [0.05, 0.1) is 12.1 Å². The highest BCUT2D eigenvalue weighted by Gasteiger charge is 2.56. The molecule has 21 heavy (non-hydrogen) atoms. The van der Waals surface area contributed by atoms with E-state index >= 15 is 0 Å². The van der Waals surface area contributed by atoms with Gasteiger partial charge in [0.15, 0.2) is 5.96 Å². The van der Waals surface area contributed by atoms with E-state index in [1.54, 1.807) is 0 Å². The molecule has 0 aliphatic heterocycles. The van der Waals surface area contributed by atoms with Crippen molar-refractivity contribution in [1.29, 1.82) is 0 Å². The lowest BCUT2D eigenvalue weighted by Crippen LogP contribution is -2.57.